The SMILES string of the molecule is CCCc1cc(C(=O)O)cc(OCC2CCCO2)n1. The van der Waals surface area contributed by atoms with Gasteiger partial charge in [-0.1, -0.05) is 13.3 Å². The monoisotopic (exact) mass is 265 g/mol. The van der Waals surface area contributed by atoms with Crippen molar-refractivity contribution in [1.29, 1.82) is 0 Å². The molecule has 5 nitrogen and oxygen atoms in total. The fourth-order valence-electron chi connectivity index (χ4n) is 2.10. The molecule has 2 heterocycles. The Hall–Kier alpha value is -1.62. The molecular formula is C14H19NO4. The predicted octanol–water partition coefficient (Wildman–Crippen LogP) is 2.29. The van der Waals surface area contributed by atoms with Crippen LogP contribution in [0.1, 0.15) is 42.2 Å². The third-order valence-electron chi connectivity index (χ3n) is 3.05. The van der Waals surface area contributed by atoms with Gasteiger partial charge in [0.2, 0.25) is 5.88 Å². The molecule has 104 valence electrons. The third kappa shape index (κ3) is 3.92. The number of carboxylic acids is 1. The Balaban J connectivity index is 2.06. The maximum Gasteiger partial charge on any atom is 0.335 e. The first-order valence-electron chi connectivity index (χ1n) is 6.67. The maximum atomic E-state index is 11.1. The normalized spacial score (nSPS) is 18.5. The molecular weight excluding hydrogens is 246 g/mol. The number of hydrogen-bond acceptors (Lipinski definition) is 4. The van der Waals surface area contributed by atoms with Gasteiger partial charge in [-0.15, -0.1) is 0 Å². The first-order valence-corrected chi connectivity index (χ1v) is 6.67. The highest BCUT2D eigenvalue weighted by atomic mass is 16.5. The highest BCUT2D eigenvalue weighted by Gasteiger charge is 2.17. The van der Waals surface area contributed by atoms with E-state index in [0.717, 1.165) is 38.0 Å². The molecule has 1 aromatic heterocycles. The summed E-state index contributed by atoms with van der Waals surface area (Å²) >= 11 is 0. The summed E-state index contributed by atoms with van der Waals surface area (Å²) in [5, 5.41) is 9.07. The lowest BCUT2D eigenvalue weighted by Crippen LogP contribution is -2.17. The molecule has 2 rings (SSSR count). The number of aromatic nitrogens is 1. The van der Waals surface area contributed by atoms with E-state index < -0.39 is 5.97 Å². The van der Waals surface area contributed by atoms with Gasteiger partial charge in [0, 0.05) is 18.4 Å². The molecule has 0 aromatic carbocycles. The molecule has 5 heteroatoms. The molecule has 0 amide bonds. The number of nitrogens with zero attached hydrogens (tertiary/aromatic N) is 1. The second-order valence-corrected chi connectivity index (χ2v) is 4.69. The van der Waals surface area contributed by atoms with Gasteiger partial charge in [-0.2, -0.15) is 0 Å². The zero-order valence-corrected chi connectivity index (χ0v) is 11.1. The van der Waals surface area contributed by atoms with Gasteiger partial charge in [0.05, 0.1) is 11.7 Å². The minimum absolute atomic E-state index is 0.102. The van der Waals surface area contributed by atoms with E-state index in [0.29, 0.717) is 12.5 Å². The number of carboxylic acid groups (broad SMARTS) is 1. The summed E-state index contributed by atoms with van der Waals surface area (Å²) in [5.74, 6) is -0.583. The molecule has 1 aromatic rings. The molecule has 1 saturated heterocycles. The van der Waals surface area contributed by atoms with Crippen LogP contribution >= 0.6 is 0 Å². The minimum Gasteiger partial charge on any atom is -0.478 e. The highest BCUT2D eigenvalue weighted by molar-refractivity contribution is 5.88. The van der Waals surface area contributed by atoms with Crippen LogP contribution in [0.2, 0.25) is 0 Å². The van der Waals surface area contributed by atoms with Crippen molar-refractivity contribution in [1.82, 2.24) is 4.98 Å². The number of pyridine rings is 1. The van der Waals surface area contributed by atoms with Crippen molar-refractivity contribution in [3.05, 3.63) is 23.4 Å². The Morgan fingerprint density at radius 3 is 3.05 bits per heavy atom. The highest BCUT2D eigenvalue weighted by Crippen LogP contribution is 2.17. The molecule has 0 spiro atoms. The van der Waals surface area contributed by atoms with Gasteiger partial charge in [-0.05, 0) is 25.3 Å². The zero-order chi connectivity index (χ0) is 13.7. The molecule has 0 saturated carbocycles. The Kier molecular flexibility index (Phi) is 4.74. The van der Waals surface area contributed by atoms with Crippen LogP contribution in [-0.2, 0) is 11.2 Å². The summed E-state index contributed by atoms with van der Waals surface area (Å²) < 4.78 is 11.0. The minimum atomic E-state index is -0.957. The molecule has 0 aliphatic carbocycles. The fourth-order valence-corrected chi connectivity index (χ4v) is 2.10. The van der Waals surface area contributed by atoms with Crippen LogP contribution in [0.3, 0.4) is 0 Å². The van der Waals surface area contributed by atoms with E-state index in [-0.39, 0.29) is 11.7 Å². The molecule has 1 aliphatic heterocycles. The van der Waals surface area contributed by atoms with E-state index in [1.165, 1.54) is 6.07 Å². The number of aromatic carboxylic acids is 1. The van der Waals surface area contributed by atoms with Crippen LogP contribution in [0.5, 0.6) is 5.88 Å². The third-order valence-corrected chi connectivity index (χ3v) is 3.05. The molecule has 1 fully saturated rings. The van der Waals surface area contributed by atoms with Gasteiger partial charge in [0.15, 0.2) is 0 Å². The number of ether oxygens (including phenoxy) is 2. The summed E-state index contributed by atoms with van der Waals surface area (Å²) in [6.45, 7) is 3.24. The standard InChI is InChI=1S/C14H19NO4/c1-2-4-11-7-10(14(16)17)8-13(15-11)19-9-12-5-3-6-18-12/h7-8,12H,2-6,9H2,1H3,(H,16,17). The largest absolute Gasteiger partial charge is 0.478 e. The molecule has 0 bridgehead atoms. The van der Waals surface area contributed by atoms with Crippen LogP contribution in [0.15, 0.2) is 12.1 Å². The van der Waals surface area contributed by atoms with Crippen LogP contribution in [0.25, 0.3) is 0 Å². The lowest BCUT2D eigenvalue weighted by atomic mass is 10.1. The van der Waals surface area contributed by atoms with E-state index >= 15 is 0 Å². The van der Waals surface area contributed by atoms with Crippen molar-refractivity contribution < 1.29 is 19.4 Å². The summed E-state index contributed by atoms with van der Waals surface area (Å²) in [5.41, 5.74) is 0.977. The quantitative estimate of drug-likeness (QED) is 0.854. The summed E-state index contributed by atoms with van der Waals surface area (Å²) in [7, 11) is 0. The number of aryl methyl sites for hydroxylation is 1. The van der Waals surface area contributed by atoms with Crippen LogP contribution in [-0.4, -0.2) is 35.4 Å². The van der Waals surface area contributed by atoms with Crippen LogP contribution in [0, 0.1) is 0 Å². The molecule has 0 radical (unpaired) electrons. The maximum absolute atomic E-state index is 11.1. The second-order valence-electron chi connectivity index (χ2n) is 4.69. The van der Waals surface area contributed by atoms with E-state index in [2.05, 4.69) is 4.98 Å². The van der Waals surface area contributed by atoms with Crippen LogP contribution < -0.4 is 4.74 Å². The molecule has 19 heavy (non-hydrogen) atoms. The predicted molar refractivity (Wildman–Crippen MR) is 69.7 cm³/mol. The summed E-state index contributed by atoms with van der Waals surface area (Å²) in [6.07, 6.45) is 3.81. The van der Waals surface area contributed by atoms with Gasteiger partial charge in [-0.3, -0.25) is 0 Å². The van der Waals surface area contributed by atoms with Crippen molar-refractivity contribution >= 4 is 5.97 Å². The van der Waals surface area contributed by atoms with Gasteiger partial charge in [0.1, 0.15) is 6.61 Å². The van der Waals surface area contributed by atoms with Gasteiger partial charge in [0.25, 0.3) is 0 Å². The van der Waals surface area contributed by atoms with E-state index in [9.17, 15) is 4.79 Å². The smallest absolute Gasteiger partial charge is 0.335 e. The average molecular weight is 265 g/mol. The Labute approximate surface area is 112 Å². The van der Waals surface area contributed by atoms with E-state index in [1.807, 2.05) is 6.92 Å². The average Bonchev–Trinajstić information content (AvgIpc) is 2.89. The van der Waals surface area contributed by atoms with E-state index in [4.69, 9.17) is 14.6 Å². The number of carbonyl (C=O) groups is 1. The fraction of sp³-hybridized carbons (Fsp3) is 0.571. The van der Waals surface area contributed by atoms with Gasteiger partial charge >= 0.3 is 5.97 Å². The number of hydrogen-bond donors (Lipinski definition) is 1. The summed E-state index contributed by atoms with van der Waals surface area (Å²) in [4.78, 5) is 15.4. The van der Waals surface area contributed by atoms with Crippen LogP contribution in [0.4, 0.5) is 0 Å². The Morgan fingerprint density at radius 2 is 2.42 bits per heavy atom. The number of rotatable bonds is 6. The van der Waals surface area contributed by atoms with Crippen molar-refractivity contribution in [2.75, 3.05) is 13.2 Å². The molecule has 1 atom stereocenters. The summed E-state index contributed by atoms with van der Waals surface area (Å²) in [6, 6.07) is 3.07. The topological polar surface area (TPSA) is 68.7 Å². The molecule has 1 N–H and O–H groups in total. The van der Waals surface area contributed by atoms with Crippen molar-refractivity contribution in [3.63, 3.8) is 0 Å². The Morgan fingerprint density at radius 1 is 1.58 bits per heavy atom. The molecule has 1 unspecified atom stereocenters. The lowest BCUT2D eigenvalue weighted by molar-refractivity contribution is 0.0656. The van der Waals surface area contributed by atoms with Crippen molar-refractivity contribution in [2.45, 2.75) is 38.7 Å². The Bertz CT molecular complexity index is 441. The van der Waals surface area contributed by atoms with Crippen molar-refractivity contribution in [3.8, 4) is 5.88 Å². The first kappa shape index (κ1) is 13.8. The van der Waals surface area contributed by atoms with Gasteiger partial charge < -0.3 is 14.6 Å². The van der Waals surface area contributed by atoms with E-state index in [1.54, 1.807) is 6.07 Å². The molecule has 1 aliphatic rings. The van der Waals surface area contributed by atoms with Crippen molar-refractivity contribution in [2.24, 2.45) is 0 Å². The zero-order valence-electron chi connectivity index (χ0n) is 11.1. The first-order chi connectivity index (χ1) is 9.19. The second kappa shape index (κ2) is 6.52. The van der Waals surface area contributed by atoms with Gasteiger partial charge in [-0.25, -0.2) is 9.78 Å². The lowest BCUT2D eigenvalue weighted by Gasteiger charge is -2.12.